The minimum absolute atomic E-state index is 0.0127. The number of aryl methyl sites for hydroxylation is 3. The molecule has 0 saturated carbocycles. The van der Waals surface area contributed by atoms with Crippen LogP contribution in [0.25, 0.3) is 22.2 Å². The molecule has 0 bridgehead atoms. The highest BCUT2D eigenvalue weighted by atomic mass is 19.4. The second-order valence-electron chi connectivity index (χ2n) is 7.45. The van der Waals surface area contributed by atoms with Crippen LogP contribution in [0.15, 0.2) is 60.7 Å². The summed E-state index contributed by atoms with van der Waals surface area (Å²) in [4.78, 5) is 0. The van der Waals surface area contributed by atoms with E-state index in [0.717, 1.165) is 33.9 Å². The van der Waals surface area contributed by atoms with Gasteiger partial charge in [0.1, 0.15) is 5.52 Å². The van der Waals surface area contributed by atoms with Gasteiger partial charge in [0.2, 0.25) is 0 Å². The van der Waals surface area contributed by atoms with Gasteiger partial charge in [-0.1, -0.05) is 60.2 Å². The standard InChI is InChI=1S/C24H21F3N2/c1-15-12-16(2)20(17(3)13-15)14-29-23(18-8-5-4-6-9-18)19-10-7-11-21(22(19)28-29)24(25,26)27/h4-13H,14H2,1-3H3. The molecule has 2 nitrogen and oxygen atoms in total. The van der Waals surface area contributed by atoms with Crippen LogP contribution in [0.2, 0.25) is 0 Å². The second kappa shape index (κ2) is 7.07. The first kappa shape index (κ1) is 19.2. The molecule has 1 heterocycles. The van der Waals surface area contributed by atoms with Gasteiger partial charge in [0.25, 0.3) is 0 Å². The van der Waals surface area contributed by atoms with E-state index in [2.05, 4.69) is 17.2 Å². The van der Waals surface area contributed by atoms with E-state index in [1.807, 2.05) is 51.1 Å². The number of alkyl halides is 3. The minimum atomic E-state index is -4.46. The molecule has 0 saturated heterocycles. The molecule has 0 fully saturated rings. The molecule has 0 radical (unpaired) electrons. The zero-order chi connectivity index (χ0) is 20.8. The van der Waals surface area contributed by atoms with Crippen molar-refractivity contribution in [2.75, 3.05) is 0 Å². The minimum Gasteiger partial charge on any atom is -0.259 e. The van der Waals surface area contributed by atoms with Crippen LogP contribution in [-0.2, 0) is 12.7 Å². The maximum absolute atomic E-state index is 13.6. The third kappa shape index (κ3) is 3.53. The van der Waals surface area contributed by atoms with Crippen molar-refractivity contribution in [1.29, 1.82) is 0 Å². The molecule has 4 rings (SSSR count). The Labute approximate surface area is 167 Å². The van der Waals surface area contributed by atoms with Gasteiger partial charge in [0, 0.05) is 10.9 Å². The number of aromatic nitrogens is 2. The largest absolute Gasteiger partial charge is 0.418 e. The summed E-state index contributed by atoms with van der Waals surface area (Å²) >= 11 is 0. The average Bonchev–Trinajstić information content (AvgIpc) is 3.02. The van der Waals surface area contributed by atoms with Crippen molar-refractivity contribution in [3.05, 3.63) is 88.5 Å². The third-order valence-corrected chi connectivity index (χ3v) is 5.27. The molecule has 1 aromatic heterocycles. The molecular formula is C24H21F3N2. The molecule has 29 heavy (non-hydrogen) atoms. The van der Waals surface area contributed by atoms with Crippen molar-refractivity contribution in [3.8, 4) is 11.3 Å². The summed E-state index contributed by atoms with van der Waals surface area (Å²) in [5.74, 6) is 0. The lowest BCUT2D eigenvalue weighted by atomic mass is 9.99. The van der Waals surface area contributed by atoms with Crippen molar-refractivity contribution in [2.45, 2.75) is 33.5 Å². The van der Waals surface area contributed by atoms with Crippen LogP contribution < -0.4 is 0 Å². The van der Waals surface area contributed by atoms with Crippen molar-refractivity contribution in [1.82, 2.24) is 9.78 Å². The monoisotopic (exact) mass is 394 g/mol. The molecule has 0 aliphatic rings. The lowest BCUT2D eigenvalue weighted by molar-refractivity contribution is -0.136. The van der Waals surface area contributed by atoms with Crippen molar-refractivity contribution < 1.29 is 13.2 Å². The summed E-state index contributed by atoms with van der Waals surface area (Å²) in [6, 6.07) is 17.9. The smallest absolute Gasteiger partial charge is 0.259 e. The van der Waals surface area contributed by atoms with E-state index in [1.165, 1.54) is 6.07 Å². The summed E-state index contributed by atoms with van der Waals surface area (Å²) in [6.45, 7) is 6.51. The Bertz CT molecular complexity index is 1170. The van der Waals surface area contributed by atoms with Crippen LogP contribution in [0.5, 0.6) is 0 Å². The number of halogens is 3. The number of hydrogen-bond donors (Lipinski definition) is 0. The first-order valence-corrected chi connectivity index (χ1v) is 9.44. The summed E-state index contributed by atoms with van der Waals surface area (Å²) in [6.07, 6.45) is -4.46. The van der Waals surface area contributed by atoms with Gasteiger partial charge in [-0.3, -0.25) is 4.68 Å². The Morgan fingerprint density at radius 3 is 2.14 bits per heavy atom. The molecule has 0 atom stereocenters. The first-order valence-electron chi connectivity index (χ1n) is 9.44. The van der Waals surface area contributed by atoms with Gasteiger partial charge in [-0.25, -0.2) is 0 Å². The highest BCUT2D eigenvalue weighted by molar-refractivity contribution is 5.95. The predicted octanol–water partition coefficient (Wildman–Crippen LogP) is 6.70. The summed E-state index contributed by atoms with van der Waals surface area (Å²) in [5, 5.41) is 4.96. The van der Waals surface area contributed by atoms with Gasteiger partial charge in [-0.05, 0) is 43.5 Å². The molecular weight excluding hydrogens is 373 g/mol. The number of fused-ring (bicyclic) bond motifs is 1. The SMILES string of the molecule is Cc1cc(C)c(Cn2nc3c(C(F)(F)F)cccc3c2-c2ccccc2)c(C)c1. The zero-order valence-corrected chi connectivity index (χ0v) is 16.5. The van der Waals surface area contributed by atoms with Gasteiger partial charge in [0.05, 0.1) is 17.8 Å². The Morgan fingerprint density at radius 2 is 1.52 bits per heavy atom. The van der Waals surface area contributed by atoms with Crippen LogP contribution in [0, 0.1) is 20.8 Å². The lowest BCUT2D eigenvalue weighted by Gasteiger charge is -2.14. The van der Waals surface area contributed by atoms with E-state index in [9.17, 15) is 13.2 Å². The summed E-state index contributed by atoms with van der Waals surface area (Å²) in [7, 11) is 0. The topological polar surface area (TPSA) is 17.8 Å². The second-order valence-corrected chi connectivity index (χ2v) is 7.45. The molecule has 0 aliphatic heterocycles. The first-order chi connectivity index (χ1) is 13.8. The Morgan fingerprint density at radius 1 is 0.862 bits per heavy atom. The third-order valence-electron chi connectivity index (χ3n) is 5.27. The Balaban J connectivity index is 1.99. The van der Waals surface area contributed by atoms with E-state index >= 15 is 0 Å². The molecule has 5 heteroatoms. The fourth-order valence-corrected chi connectivity index (χ4v) is 4.00. The average molecular weight is 394 g/mol. The Kier molecular flexibility index (Phi) is 4.69. The van der Waals surface area contributed by atoms with Crippen molar-refractivity contribution in [2.24, 2.45) is 0 Å². The highest BCUT2D eigenvalue weighted by Crippen LogP contribution is 2.38. The molecule has 0 N–H and O–H groups in total. The van der Waals surface area contributed by atoms with Crippen molar-refractivity contribution in [3.63, 3.8) is 0 Å². The van der Waals surface area contributed by atoms with Crippen LogP contribution in [0.3, 0.4) is 0 Å². The molecule has 148 valence electrons. The van der Waals surface area contributed by atoms with E-state index in [0.29, 0.717) is 17.6 Å². The maximum atomic E-state index is 13.6. The lowest BCUT2D eigenvalue weighted by Crippen LogP contribution is -2.08. The Hall–Kier alpha value is -3.08. The van der Waals surface area contributed by atoms with E-state index in [1.54, 1.807) is 10.7 Å². The van der Waals surface area contributed by atoms with E-state index in [-0.39, 0.29) is 5.52 Å². The quantitative estimate of drug-likeness (QED) is 0.378. The van der Waals surface area contributed by atoms with Crippen LogP contribution in [0.1, 0.15) is 27.8 Å². The van der Waals surface area contributed by atoms with Gasteiger partial charge < -0.3 is 0 Å². The van der Waals surface area contributed by atoms with Gasteiger partial charge >= 0.3 is 6.18 Å². The van der Waals surface area contributed by atoms with E-state index in [4.69, 9.17) is 0 Å². The predicted molar refractivity (Wildman–Crippen MR) is 110 cm³/mol. The number of nitrogens with zero attached hydrogens (tertiary/aromatic N) is 2. The summed E-state index contributed by atoms with van der Waals surface area (Å²) < 4.78 is 42.5. The molecule has 4 aromatic rings. The van der Waals surface area contributed by atoms with Gasteiger partial charge in [-0.2, -0.15) is 18.3 Å². The van der Waals surface area contributed by atoms with Crippen molar-refractivity contribution >= 4 is 10.9 Å². The highest BCUT2D eigenvalue weighted by Gasteiger charge is 2.34. The molecule has 3 aromatic carbocycles. The summed E-state index contributed by atoms with van der Waals surface area (Å²) in [5.41, 5.74) is 5.28. The fraction of sp³-hybridized carbons (Fsp3) is 0.208. The number of benzene rings is 3. The molecule has 0 amide bonds. The van der Waals surface area contributed by atoms with Gasteiger partial charge in [0.15, 0.2) is 0 Å². The van der Waals surface area contributed by atoms with E-state index < -0.39 is 11.7 Å². The number of hydrogen-bond acceptors (Lipinski definition) is 1. The fourth-order valence-electron chi connectivity index (χ4n) is 4.00. The normalized spacial score (nSPS) is 11.9. The molecule has 0 aliphatic carbocycles. The van der Waals surface area contributed by atoms with Crippen LogP contribution in [-0.4, -0.2) is 9.78 Å². The van der Waals surface area contributed by atoms with Crippen LogP contribution >= 0.6 is 0 Å². The molecule has 0 spiro atoms. The number of rotatable bonds is 3. The van der Waals surface area contributed by atoms with Gasteiger partial charge in [-0.15, -0.1) is 0 Å². The van der Waals surface area contributed by atoms with Crippen LogP contribution in [0.4, 0.5) is 13.2 Å². The molecule has 0 unspecified atom stereocenters. The maximum Gasteiger partial charge on any atom is 0.418 e. The zero-order valence-electron chi connectivity index (χ0n) is 16.5.